The van der Waals surface area contributed by atoms with Crippen molar-refractivity contribution in [3.63, 3.8) is 0 Å². The van der Waals surface area contributed by atoms with Crippen molar-refractivity contribution in [2.75, 3.05) is 0 Å². The van der Waals surface area contributed by atoms with E-state index in [9.17, 15) is 0 Å². The van der Waals surface area contributed by atoms with Crippen molar-refractivity contribution in [1.29, 1.82) is 5.41 Å². The molecule has 0 aliphatic rings. The first-order chi connectivity index (χ1) is 6.62. The molecule has 0 unspecified atom stereocenters. The van der Waals surface area contributed by atoms with E-state index in [0.29, 0.717) is 5.49 Å². The number of aromatic nitrogens is 1. The third-order valence-electron chi connectivity index (χ3n) is 2.54. The van der Waals surface area contributed by atoms with Gasteiger partial charge in [-0.15, -0.1) is 0 Å². The van der Waals surface area contributed by atoms with Crippen LogP contribution in [0.2, 0.25) is 0 Å². The molecule has 15 heavy (non-hydrogen) atoms. The summed E-state index contributed by atoms with van der Waals surface area (Å²) in [6.07, 6.45) is 2.02. The topological polar surface area (TPSA) is 28.8 Å². The number of rotatable bonds is 0. The van der Waals surface area contributed by atoms with Crippen molar-refractivity contribution in [2.24, 2.45) is 0 Å². The fourth-order valence-electron chi connectivity index (χ4n) is 1.55. The smallest absolute Gasteiger partial charge is 0.125 e. The van der Waals surface area contributed by atoms with Crippen LogP contribution in [0.15, 0.2) is 18.3 Å². The van der Waals surface area contributed by atoms with E-state index in [2.05, 4.69) is 47.6 Å². The average molecular weight is 206 g/mol. The van der Waals surface area contributed by atoms with Gasteiger partial charge in [0.05, 0.1) is 0 Å². The molecule has 0 aliphatic carbocycles. The third-order valence-corrected chi connectivity index (χ3v) is 2.54. The van der Waals surface area contributed by atoms with Gasteiger partial charge in [-0.25, -0.2) is 0 Å². The van der Waals surface area contributed by atoms with Gasteiger partial charge in [0.2, 0.25) is 0 Å². The Kier molecular flexibility index (Phi) is 2.81. The van der Waals surface area contributed by atoms with E-state index in [1.807, 2.05) is 16.8 Å². The molecular weight excluding hydrogens is 184 g/mol. The Labute approximate surface area is 92.5 Å². The van der Waals surface area contributed by atoms with Crippen molar-refractivity contribution >= 4 is 0 Å². The van der Waals surface area contributed by atoms with Gasteiger partial charge in [-0.3, -0.25) is 5.41 Å². The summed E-state index contributed by atoms with van der Waals surface area (Å²) in [5, 5.41) is 8.01. The Morgan fingerprint density at radius 2 is 1.60 bits per heavy atom. The van der Waals surface area contributed by atoms with Crippen molar-refractivity contribution in [1.82, 2.24) is 4.57 Å². The number of hydrogen-bond acceptors (Lipinski definition) is 1. The number of hydrogen-bond donors (Lipinski definition) is 1. The highest BCUT2D eigenvalue weighted by Gasteiger charge is 2.17. The van der Waals surface area contributed by atoms with Gasteiger partial charge < -0.3 is 4.57 Å². The quantitative estimate of drug-likeness (QED) is 0.676. The van der Waals surface area contributed by atoms with Gasteiger partial charge in [-0.2, -0.15) is 0 Å². The molecule has 0 atom stereocenters. The fourth-order valence-corrected chi connectivity index (χ4v) is 1.55. The summed E-state index contributed by atoms with van der Waals surface area (Å²) >= 11 is 0. The Balaban J connectivity index is 3.28. The van der Waals surface area contributed by atoms with E-state index in [-0.39, 0.29) is 11.0 Å². The third kappa shape index (κ3) is 2.71. The molecule has 0 bridgehead atoms. The molecule has 0 aliphatic heterocycles. The number of nitrogens with zero attached hydrogens (tertiary/aromatic N) is 1. The van der Waals surface area contributed by atoms with Crippen LogP contribution in [-0.4, -0.2) is 4.57 Å². The van der Waals surface area contributed by atoms with Crippen molar-refractivity contribution < 1.29 is 0 Å². The summed E-state index contributed by atoms with van der Waals surface area (Å²) in [6.45, 7) is 12.8. The SMILES string of the molecule is CC(C)(C)c1ccn(C(C)(C)C)c(=N)c1. The number of pyridine rings is 1. The fraction of sp³-hybridized carbons (Fsp3) is 0.615. The van der Waals surface area contributed by atoms with Crippen LogP contribution >= 0.6 is 0 Å². The maximum Gasteiger partial charge on any atom is 0.125 e. The summed E-state index contributed by atoms with van der Waals surface area (Å²) < 4.78 is 1.99. The zero-order valence-corrected chi connectivity index (χ0v) is 10.7. The van der Waals surface area contributed by atoms with Crippen LogP contribution in [0.1, 0.15) is 47.1 Å². The standard InChI is InChI=1S/C13H22N2/c1-12(2,3)10-7-8-15(11(14)9-10)13(4,5)6/h7-9,14H,1-6H3. The Bertz CT molecular complexity index is 400. The molecule has 1 N–H and O–H groups in total. The van der Waals surface area contributed by atoms with Crippen LogP contribution in [0.4, 0.5) is 0 Å². The second-order valence-electron chi connectivity index (χ2n) is 6.09. The maximum absolute atomic E-state index is 8.01. The maximum atomic E-state index is 8.01. The lowest BCUT2D eigenvalue weighted by molar-refractivity contribution is 0.376. The van der Waals surface area contributed by atoms with Gasteiger partial charge in [-0.1, -0.05) is 20.8 Å². The predicted octanol–water partition coefficient (Wildman–Crippen LogP) is 3.02. The molecule has 1 aromatic heterocycles. The largest absolute Gasteiger partial charge is 0.328 e. The van der Waals surface area contributed by atoms with Crippen LogP contribution in [0.25, 0.3) is 0 Å². The molecule has 1 heterocycles. The minimum atomic E-state index is -0.0203. The van der Waals surface area contributed by atoms with Gasteiger partial charge in [0.25, 0.3) is 0 Å². The molecule has 0 amide bonds. The molecule has 0 saturated heterocycles. The lowest BCUT2D eigenvalue weighted by Gasteiger charge is -2.26. The summed E-state index contributed by atoms with van der Waals surface area (Å²) in [4.78, 5) is 0. The zero-order valence-electron chi connectivity index (χ0n) is 10.7. The van der Waals surface area contributed by atoms with Crippen LogP contribution in [0, 0.1) is 5.41 Å². The predicted molar refractivity (Wildman–Crippen MR) is 64.0 cm³/mol. The first kappa shape index (κ1) is 12.0. The Hall–Kier alpha value is -1.05. The van der Waals surface area contributed by atoms with Crippen LogP contribution < -0.4 is 5.49 Å². The zero-order chi connectivity index (χ0) is 11.9. The van der Waals surface area contributed by atoms with Crippen LogP contribution in [0.3, 0.4) is 0 Å². The molecule has 0 saturated carbocycles. The summed E-state index contributed by atoms with van der Waals surface area (Å²) in [7, 11) is 0. The second-order valence-corrected chi connectivity index (χ2v) is 6.09. The molecule has 0 aromatic carbocycles. The summed E-state index contributed by atoms with van der Waals surface area (Å²) in [5.74, 6) is 0. The summed E-state index contributed by atoms with van der Waals surface area (Å²) in [6, 6.07) is 4.08. The van der Waals surface area contributed by atoms with E-state index >= 15 is 0 Å². The Morgan fingerprint density at radius 3 is 1.93 bits per heavy atom. The molecule has 2 nitrogen and oxygen atoms in total. The van der Waals surface area contributed by atoms with E-state index < -0.39 is 0 Å². The first-order valence-corrected chi connectivity index (χ1v) is 5.40. The molecule has 84 valence electrons. The number of nitrogens with one attached hydrogen (secondary N) is 1. The molecule has 0 fully saturated rings. The lowest BCUT2D eigenvalue weighted by atomic mass is 9.87. The van der Waals surface area contributed by atoms with E-state index in [1.165, 1.54) is 5.56 Å². The van der Waals surface area contributed by atoms with Gasteiger partial charge in [0.15, 0.2) is 0 Å². The molecule has 0 spiro atoms. The van der Waals surface area contributed by atoms with E-state index in [1.54, 1.807) is 0 Å². The lowest BCUT2D eigenvalue weighted by Crippen LogP contribution is -2.34. The average Bonchev–Trinajstić information content (AvgIpc) is 1.99. The second kappa shape index (κ2) is 3.51. The molecule has 1 aromatic rings. The normalized spacial score (nSPS) is 12.9. The highest BCUT2D eigenvalue weighted by molar-refractivity contribution is 5.19. The van der Waals surface area contributed by atoms with Crippen molar-refractivity contribution in [2.45, 2.75) is 52.5 Å². The van der Waals surface area contributed by atoms with Gasteiger partial charge in [0, 0.05) is 11.7 Å². The monoisotopic (exact) mass is 206 g/mol. The van der Waals surface area contributed by atoms with Gasteiger partial charge >= 0.3 is 0 Å². The molecule has 2 heteroatoms. The molecule has 1 rings (SSSR count). The van der Waals surface area contributed by atoms with Crippen LogP contribution in [0.5, 0.6) is 0 Å². The highest BCUT2D eigenvalue weighted by Crippen LogP contribution is 2.21. The van der Waals surface area contributed by atoms with E-state index in [4.69, 9.17) is 5.41 Å². The summed E-state index contributed by atoms with van der Waals surface area (Å²) in [5.41, 5.74) is 1.89. The van der Waals surface area contributed by atoms with E-state index in [0.717, 1.165) is 0 Å². The molecule has 0 radical (unpaired) electrons. The van der Waals surface area contributed by atoms with Crippen molar-refractivity contribution in [3.8, 4) is 0 Å². The van der Waals surface area contributed by atoms with Crippen LogP contribution in [-0.2, 0) is 11.0 Å². The highest BCUT2D eigenvalue weighted by atomic mass is 15.0. The van der Waals surface area contributed by atoms with Gasteiger partial charge in [-0.05, 0) is 43.9 Å². The minimum absolute atomic E-state index is 0.0203. The Morgan fingerprint density at radius 1 is 1.07 bits per heavy atom. The van der Waals surface area contributed by atoms with Crippen molar-refractivity contribution in [3.05, 3.63) is 29.4 Å². The van der Waals surface area contributed by atoms with Gasteiger partial charge in [0.1, 0.15) is 5.49 Å². The first-order valence-electron chi connectivity index (χ1n) is 5.40. The molecular formula is C13H22N2. The minimum Gasteiger partial charge on any atom is -0.328 e.